The fourth-order valence-corrected chi connectivity index (χ4v) is 1.69. The van der Waals surface area contributed by atoms with E-state index in [-0.39, 0.29) is 11.1 Å². The first kappa shape index (κ1) is 12.2. The first-order valence-electron chi connectivity index (χ1n) is 5.65. The monoisotopic (exact) mass is 247 g/mol. The van der Waals surface area contributed by atoms with Crippen LogP contribution < -0.4 is 10.2 Å². The second kappa shape index (κ2) is 4.91. The number of aromatic amines is 1. The Kier molecular flexibility index (Phi) is 3.32. The molecule has 94 valence electrons. The number of nitrogens with one attached hydrogen (secondary N) is 1. The molecule has 0 atom stereocenters. The predicted molar refractivity (Wildman–Crippen MR) is 67.3 cm³/mol. The number of aromatic carboxylic acids is 1. The minimum Gasteiger partial charge on any atom is -0.491 e. The molecule has 0 radical (unpaired) electrons. The van der Waals surface area contributed by atoms with Gasteiger partial charge in [0, 0.05) is 11.5 Å². The lowest BCUT2D eigenvalue weighted by molar-refractivity contribution is 0.0691. The highest BCUT2D eigenvalue weighted by molar-refractivity contribution is 5.91. The van der Waals surface area contributed by atoms with Crippen molar-refractivity contribution < 1.29 is 14.6 Å². The summed E-state index contributed by atoms with van der Waals surface area (Å²) in [6.45, 7) is 2.48. The molecule has 0 aliphatic rings. The maximum absolute atomic E-state index is 11.8. The van der Waals surface area contributed by atoms with Gasteiger partial charge < -0.3 is 14.8 Å². The molecule has 0 fully saturated rings. The van der Waals surface area contributed by atoms with Gasteiger partial charge in [0.25, 0.3) is 0 Å². The molecule has 0 aliphatic heterocycles. The number of para-hydroxylation sites is 1. The highest BCUT2D eigenvalue weighted by atomic mass is 16.5. The van der Waals surface area contributed by atoms with Crippen LogP contribution in [0, 0.1) is 0 Å². The van der Waals surface area contributed by atoms with Crippen molar-refractivity contribution in [3.05, 3.63) is 40.2 Å². The summed E-state index contributed by atoms with van der Waals surface area (Å²) >= 11 is 0. The third-order valence-electron chi connectivity index (χ3n) is 2.52. The first-order valence-corrected chi connectivity index (χ1v) is 5.65. The molecule has 0 amide bonds. The number of carboxylic acid groups (broad SMARTS) is 1. The molecular weight excluding hydrogens is 234 g/mol. The van der Waals surface area contributed by atoms with E-state index in [1.165, 1.54) is 0 Å². The minimum atomic E-state index is -1.17. The van der Waals surface area contributed by atoms with E-state index in [2.05, 4.69) is 4.98 Å². The van der Waals surface area contributed by atoms with Crippen LogP contribution in [0.25, 0.3) is 10.9 Å². The van der Waals surface area contributed by atoms with Gasteiger partial charge in [-0.3, -0.25) is 4.79 Å². The van der Waals surface area contributed by atoms with Crippen LogP contribution in [0.3, 0.4) is 0 Å². The number of rotatable bonds is 4. The third kappa shape index (κ3) is 2.20. The molecule has 2 aromatic rings. The van der Waals surface area contributed by atoms with Crippen molar-refractivity contribution >= 4 is 16.9 Å². The number of fused-ring (bicyclic) bond motifs is 1. The first-order chi connectivity index (χ1) is 8.63. The Morgan fingerprint density at radius 3 is 2.89 bits per heavy atom. The fourth-order valence-electron chi connectivity index (χ4n) is 1.69. The van der Waals surface area contributed by atoms with Crippen molar-refractivity contribution in [3.63, 3.8) is 0 Å². The van der Waals surface area contributed by atoms with E-state index in [0.29, 0.717) is 23.3 Å². The number of hydrogen-bond donors (Lipinski definition) is 2. The van der Waals surface area contributed by atoms with E-state index >= 15 is 0 Å². The van der Waals surface area contributed by atoms with Crippen molar-refractivity contribution in [1.82, 2.24) is 4.98 Å². The van der Waals surface area contributed by atoms with Crippen LogP contribution in [0.15, 0.2) is 29.1 Å². The van der Waals surface area contributed by atoms with E-state index in [9.17, 15) is 9.59 Å². The summed E-state index contributed by atoms with van der Waals surface area (Å²) in [6, 6.07) is 6.13. The van der Waals surface area contributed by atoms with E-state index in [1.54, 1.807) is 18.2 Å². The van der Waals surface area contributed by atoms with Crippen molar-refractivity contribution in [2.24, 2.45) is 0 Å². The molecule has 0 unspecified atom stereocenters. The van der Waals surface area contributed by atoms with E-state index in [1.807, 2.05) is 6.92 Å². The molecule has 0 saturated heterocycles. The van der Waals surface area contributed by atoms with Crippen molar-refractivity contribution in [1.29, 1.82) is 0 Å². The summed E-state index contributed by atoms with van der Waals surface area (Å²) in [5, 5.41) is 9.35. The molecular formula is C13H13NO4. The van der Waals surface area contributed by atoms with Gasteiger partial charge in [0.2, 0.25) is 0 Å². The Bertz CT molecular complexity index is 645. The molecule has 0 aliphatic carbocycles. The van der Waals surface area contributed by atoms with Gasteiger partial charge in [-0.25, -0.2) is 4.79 Å². The normalized spacial score (nSPS) is 10.5. The summed E-state index contributed by atoms with van der Waals surface area (Å²) in [6.07, 6.45) is 0.833. The number of benzene rings is 1. The number of carboxylic acids is 1. The molecule has 1 heterocycles. The van der Waals surface area contributed by atoms with Crippen LogP contribution in [0.4, 0.5) is 0 Å². The van der Waals surface area contributed by atoms with E-state index in [4.69, 9.17) is 9.84 Å². The molecule has 2 N–H and O–H groups in total. The van der Waals surface area contributed by atoms with Crippen LogP contribution in [0.1, 0.15) is 23.8 Å². The Morgan fingerprint density at radius 2 is 2.22 bits per heavy atom. The zero-order valence-electron chi connectivity index (χ0n) is 9.90. The molecule has 1 aromatic heterocycles. The van der Waals surface area contributed by atoms with Gasteiger partial charge in [-0.2, -0.15) is 0 Å². The third-order valence-corrected chi connectivity index (χ3v) is 2.52. The second-order valence-electron chi connectivity index (χ2n) is 3.88. The molecule has 18 heavy (non-hydrogen) atoms. The summed E-state index contributed by atoms with van der Waals surface area (Å²) in [5.41, 5.74) is -0.0426. The highest BCUT2D eigenvalue weighted by Crippen LogP contribution is 2.21. The number of pyridine rings is 1. The lowest BCUT2D eigenvalue weighted by atomic mass is 10.2. The molecule has 5 heteroatoms. The summed E-state index contributed by atoms with van der Waals surface area (Å²) in [5.74, 6) is -0.672. The molecule has 2 rings (SSSR count). The van der Waals surface area contributed by atoms with Crippen LogP contribution in [-0.2, 0) is 0 Å². The summed E-state index contributed by atoms with van der Waals surface area (Å²) < 4.78 is 5.50. The van der Waals surface area contributed by atoms with Crippen molar-refractivity contribution in [3.8, 4) is 5.75 Å². The molecule has 0 bridgehead atoms. The van der Waals surface area contributed by atoms with Crippen molar-refractivity contribution in [2.75, 3.05) is 6.61 Å². The Labute approximate surface area is 103 Å². The van der Waals surface area contributed by atoms with Gasteiger partial charge in [0.1, 0.15) is 11.4 Å². The van der Waals surface area contributed by atoms with Crippen LogP contribution >= 0.6 is 0 Å². The SMILES string of the molecule is CCCOc1cccc2c(=O)cc(C(=O)O)[nH]c12. The average Bonchev–Trinajstić information content (AvgIpc) is 2.36. The minimum absolute atomic E-state index is 0.139. The molecule has 0 saturated carbocycles. The maximum Gasteiger partial charge on any atom is 0.352 e. The van der Waals surface area contributed by atoms with Crippen LogP contribution in [0.2, 0.25) is 0 Å². The Balaban J connectivity index is 2.66. The van der Waals surface area contributed by atoms with E-state index < -0.39 is 5.97 Å². The molecule has 1 aromatic carbocycles. The van der Waals surface area contributed by atoms with Gasteiger partial charge in [-0.05, 0) is 18.6 Å². The second-order valence-corrected chi connectivity index (χ2v) is 3.88. The molecule has 5 nitrogen and oxygen atoms in total. The van der Waals surface area contributed by atoms with E-state index in [0.717, 1.165) is 12.5 Å². The van der Waals surface area contributed by atoms with Gasteiger partial charge in [0.15, 0.2) is 5.43 Å². The highest BCUT2D eigenvalue weighted by Gasteiger charge is 2.10. The zero-order valence-corrected chi connectivity index (χ0v) is 9.90. The molecule has 0 spiro atoms. The quantitative estimate of drug-likeness (QED) is 0.866. The fraction of sp³-hybridized carbons (Fsp3) is 0.231. The predicted octanol–water partition coefficient (Wildman–Crippen LogP) is 2.02. The van der Waals surface area contributed by atoms with Gasteiger partial charge in [-0.1, -0.05) is 13.0 Å². The number of aromatic nitrogens is 1. The average molecular weight is 247 g/mol. The number of hydrogen-bond acceptors (Lipinski definition) is 3. The summed E-state index contributed by atoms with van der Waals surface area (Å²) in [4.78, 5) is 25.4. The maximum atomic E-state index is 11.8. The Morgan fingerprint density at radius 1 is 1.44 bits per heavy atom. The van der Waals surface area contributed by atoms with Gasteiger partial charge in [0.05, 0.1) is 12.1 Å². The lowest BCUT2D eigenvalue weighted by Gasteiger charge is -2.08. The number of H-pyrrole nitrogens is 1. The number of carbonyl (C=O) groups is 1. The smallest absolute Gasteiger partial charge is 0.352 e. The topological polar surface area (TPSA) is 79.4 Å². The van der Waals surface area contributed by atoms with Crippen molar-refractivity contribution in [2.45, 2.75) is 13.3 Å². The van der Waals surface area contributed by atoms with Crippen LogP contribution in [-0.4, -0.2) is 22.7 Å². The van der Waals surface area contributed by atoms with Gasteiger partial charge >= 0.3 is 5.97 Å². The van der Waals surface area contributed by atoms with Crippen LogP contribution in [0.5, 0.6) is 5.75 Å². The Hall–Kier alpha value is -2.30. The largest absolute Gasteiger partial charge is 0.491 e. The standard InChI is InChI=1S/C13H13NO4/c1-2-6-18-11-5-3-4-8-10(15)7-9(13(16)17)14-12(8)11/h3-5,7H,2,6H2,1H3,(H,14,15)(H,16,17). The zero-order chi connectivity index (χ0) is 13.1. The lowest BCUT2D eigenvalue weighted by Crippen LogP contribution is -2.10. The summed E-state index contributed by atoms with van der Waals surface area (Å²) in [7, 11) is 0. The van der Waals surface area contributed by atoms with Gasteiger partial charge in [-0.15, -0.1) is 0 Å². The number of ether oxygens (including phenoxy) is 1.